The molecule has 17 heavy (non-hydrogen) atoms. The first-order valence-corrected chi connectivity index (χ1v) is 6.21. The van der Waals surface area contributed by atoms with Crippen LogP contribution in [-0.4, -0.2) is 17.1 Å². The van der Waals surface area contributed by atoms with E-state index in [9.17, 15) is 0 Å². The van der Waals surface area contributed by atoms with Gasteiger partial charge in [-0.05, 0) is 38.8 Å². The van der Waals surface area contributed by atoms with Crippen molar-refractivity contribution in [3.8, 4) is 6.07 Å². The third-order valence-electron chi connectivity index (χ3n) is 3.40. The fourth-order valence-electron chi connectivity index (χ4n) is 2.44. The van der Waals surface area contributed by atoms with E-state index in [0.29, 0.717) is 24.4 Å². The minimum Gasteiger partial charge on any atom is -0.449 e. The molecular weight excluding hydrogens is 214 g/mol. The molecule has 2 unspecified atom stereocenters. The predicted octanol–water partition coefficient (Wildman–Crippen LogP) is 2.42. The fraction of sp³-hybridized carbons (Fsp3) is 0.615. The molecule has 1 aliphatic heterocycles. The molecule has 2 atom stereocenters. The number of hydrazine groups is 1. The molecule has 2 heterocycles. The number of nitrogens with one attached hydrogen (secondary N) is 1. The van der Waals surface area contributed by atoms with Crippen molar-refractivity contribution in [2.45, 2.75) is 51.7 Å². The molecule has 1 saturated heterocycles. The van der Waals surface area contributed by atoms with Crippen molar-refractivity contribution in [1.82, 2.24) is 10.4 Å². The number of furan rings is 1. The van der Waals surface area contributed by atoms with Crippen LogP contribution < -0.4 is 5.43 Å². The summed E-state index contributed by atoms with van der Waals surface area (Å²) in [4.78, 5) is 0. The van der Waals surface area contributed by atoms with Crippen molar-refractivity contribution in [3.05, 3.63) is 23.7 Å². The molecular formula is C13H19N3O. The minimum absolute atomic E-state index is 0.376. The third kappa shape index (κ3) is 2.87. The van der Waals surface area contributed by atoms with Crippen molar-refractivity contribution in [1.29, 1.82) is 5.26 Å². The van der Waals surface area contributed by atoms with Crippen LogP contribution >= 0.6 is 0 Å². The average molecular weight is 233 g/mol. The quantitative estimate of drug-likeness (QED) is 0.871. The molecule has 0 amide bonds. The van der Waals surface area contributed by atoms with Crippen LogP contribution in [0, 0.1) is 11.3 Å². The van der Waals surface area contributed by atoms with Gasteiger partial charge in [-0.1, -0.05) is 6.42 Å². The van der Waals surface area contributed by atoms with E-state index in [1.54, 1.807) is 6.07 Å². The highest BCUT2D eigenvalue weighted by Gasteiger charge is 2.24. The monoisotopic (exact) mass is 233 g/mol. The number of piperidine rings is 1. The highest BCUT2D eigenvalue weighted by molar-refractivity contribution is 5.18. The summed E-state index contributed by atoms with van der Waals surface area (Å²) in [5.41, 5.74) is 3.41. The van der Waals surface area contributed by atoms with E-state index in [1.807, 2.05) is 12.1 Å². The lowest BCUT2D eigenvalue weighted by Crippen LogP contribution is -2.51. The molecule has 1 fully saturated rings. The molecule has 0 saturated carbocycles. The second-order valence-corrected chi connectivity index (χ2v) is 4.75. The summed E-state index contributed by atoms with van der Waals surface area (Å²) in [6, 6.07) is 6.67. The van der Waals surface area contributed by atoms with E-state index < -0.39 is 0 Å². The summed E-state index contributed by atoms with van der Waals surface area (Å²) in [7, 11) is 0. The largest absolute Gasteiger partial charge is 0.449 e. The maximum absolute atomic E-state index is 8.68. The molecule has 1 N–H and O–H groups in total. The van der Waals surface area contributed by atoms with Gasteiger partial charge in [0.2, 0.25) is 5.76 Å². The molecule has 4 nitrogen and oxygen atoms in total. The van der Waals surface area contributed by atoms with E-state index in [0.717, 1.165) is 5.76 Å². The first-order valence-electron chi connectivity index (χ1n) is 6.21. The molecule has 4 heteroatoms. The summed E-state index contributed by atoms with van der Waals surface area (Å²) < 4.78 is 5.34. The van der Waals surface area contributed by atoms with Crippen LogP contribution in [0.1, 0.15) is 44.6 Å². The second-order valence-electron chi connectivity index (χ2n) is 4.75. The molecule has 92 valence electrons. The lowest BCUT2D eigenvalue weighted by Gasteiger charge is -2.38. The van der Waals surface area contributed by atoms with Gasteiger partial charge >= 0.3 is 0 Å². The first-order chi connectivity index (χ1) is 8.20. The highest BCUT2D eigenvalue weighted by atomic mass is 16.3. The van der Waals surface area contributed by atoms with Crippen LogP contribution in [0.4, 0.5) is 0 Å². The van der Waals surface area contributed by atoms with Gasteiger partial charge in [-0.15, -0.1) is 0 Å². The predicted molar refractivity (Wildman–Crippen MR) is 64.9 cm³/mol. The number of hydrogen-bond acceptors (Lipinski definition) is 4. The van der Waals surface area contributed by atoms with E-state index >= 15 is 0 Å². The molecule has 0 spiro atoms. The zero-order valence-corrected chi connectivity index (χ0v) is 10.4. The van der Waals surface area contributed by atoms with Gasteiger partial charge in [0.25, 0.3) is 0 Å². The first kappa shape index (κ1) is 12.2. The second kappa shape index (κ2) is 5.35. The Hall–Kier alpha value is -1.31. The summed E-state index contributed by atoms with van der Waals surface area (Å²) in [6.45, 7) is 5.13. The number of nitriles is 1. The standard InChI is InChI=1S/C13H19N3O/c1-10-4-3-5-11(2)16(10)15-9-13-7-6-12(8-14)17-13/h6-7,10-11,15H,3-5,9H2,1-2H3. The van der Waals surface area contributed by atoms with Gasteiger partial charge in [0.15, 0.2) is 0 Å². The van der Waals surface area contributed by atoms with Crippen molar-refractivity contribution in [2.75, 3.05) is 0 Å². The zero-order valence-electron chi connectivity index (χ0n) is 10.4. The van der Waals surface area contributed by atoms with Crippen LogP contribution in [-0.2, 0) is 6.54 Å². The minimum atomic E-state index is 0.376. The topological polar surface area (TPSA) is 52.2 Å². The highest BCUT2D eigenvalue weighted by Crippen LogP contribution is 2.20. The Morgan fingerprint density at radius 3 is 2.71 bits per heavy atom. The van der Waals surface area contributed by atoms with E-state index in [2.05, 4.69) is 24.3 Å². The van der Waals surface area contributed by atoms with Crippen LogP contribution in [0.2, 0.25) is 0 Å². The van der Waals surface area contributed by atoms with Crippen LogP contribution in [0.15, 0.2) is 16.5 Å². The molecule has 1 aliphatic rings. The van der Waals surface area contributed by atoms with Crippen LogP contribution in [0.5, 0.6) is 0 Å². The summed E-state index contributed by atoms with van der Waals surface area (Å²) in [5.74, 6) is 1.19. The molecule has 0 bridgehead atoms. The molecule has 0 radical (unpaired) electrons. The van der Waals surface area contributed by atoms with Crippen molar-refractivity contribution in [3.63, 3.8) is 0 Å². The third-order valence-corrected chi connectivity index (χ3v) is 3.40. The fourth-order valence-corrected chi connectivity index (χ4v) is 2.44. The summed E-state index contributed by atoms with van der Waals surface area (Å²) in [5, 5.41) is 11.0. The maximum atomic E-state index is 8.68. The zero-order chi connectivity index (χ0) is 12.3. The number of hydrogen-bond donors (Lipinski definition) is 1. The van der Waals surface area contributed by atoms with Crippen molar-refractivity contribution < 1.29 is 4.42 Å². The maximum Gasteiger partial charge on any atom is 0.203 e. The van der Waals surface area contributed by atoms with Gasteiger partial charge in [-0.3, -0.25) is 0 Å². The molecule has 1 aromatic rings. The number of rotatable bonds is 3. The van der Waals surface area contributed by atoms with E-state index in [1.165, 1.54) is 19.3 Å². The van der Waals surface area contributed by atoms with E-state index in [4.69, 9.17) is 9.68 Å². The summed E-state index contributed by atoms with van der Waals surface area (Å²) >= 11 is 0. The van der Waals surface area contributed by atoms with Crippen molar-refractivity contribution >= 4 is 0 Å². The van der Waals surface area contributed by atoms with Crippen LogP contribution in [0.3, 0.4) is 0 Å². The molecule has 0 aliphatic carbocycles. The Kier molecular flexibility index (Phi) is 3.82. The summed E-state index contributed by atoms with van der Waals surface area (Å²) in [6.07, 6.45) is 3.78. The smallest absolute Gasteiger partial charge is 0.203 e. The normalized spacial score (nSPS) is 25.7. The number of nitrogens with zero attached hydrogens (tertiary/aromatic N) is 2. The van der Waals surface area contributed by atoms with E-state index in [-0.39, 0.29) is 0 Å². The Balaban J connectivity index is 1.90. The van der Waals surface area contributed by atoms with Crippen molar-refractivity contribution in [2.24, 2.45) is 0 Å². The average Bonchev–Trinajstić information content (AvgIpc) is 2.76. The molecule has 2 rings (SSSR count). The Morgan fingerprint density at radius 2 is 2.12 bits per heavy atom. The Morgan fingerprint density at radius 1 is 1.41 bits per heavy atom. The van der Waals surface area contributed by atoms with Gasteiger partial charge in [0.1, 0.15) is 11.8 Å². The van der Waals surface area contributed by atoms with Gasteiger partial charge in [0, 0.05) is 12.1 Å². The Labute approximate surface area is 102 Å². The van der Waals surface area contributed by atoms with Gasteiger partial charge in [-0.2, -0.15) is 5.26 Å². The SMILES string of the molecule is CC1CCCC(C)N1NCc1ccc(C#N)o1. The van der Waals surface area contributed by atoms with Crippen LogP contribution in [0.25, 0.3) is 0 Å². The van der Waals surface area contributed by atoms with Gasteiger partial charge < -0.3 is 4.42 Å². The Bertz CT molecular complexity index is 397. The van der Waals surface area contributed by atoms with Gasteiger partial charge in [-0.25, -0.2) is 10.4 Å². The van der Waals surface area contributed by atoms with Gasteiger partial charge in [0.05, 0.1) is 6.54 Å². The molecule has 0 aromatic carbocycles. The molecule has 1 aromatic heterocycles. The lowest BCUT2D eigenvalue weighted by atomic mass is 10.00. The lowest BCUT2D eigenvalue weighted by molar-refractivity contribution is 0.0411.